The lowest BCUT2D eigenvalue weighted by molar-refractivity contribution is 0.969. The molecule has 0 aliphatic rings. The number of nitrogens with zero attached hydrogens (tertiary/aromatic N) is 4. The Hall–Kier alpha value is -3.15. The van der Waals surface area contributed by atoms with E-state index in [0.717, 1.165) is 16.8 Å². The van der Waals surface area contributed by atoms with Gasteiger partial charge in [-0.1, -0.05) is 48.5 Å². The molecule has 1 aromatic heterocycles. The molecule has 1 heterocycles. The molecule has 0 spiro atoms. The molecule has 0 fully saturated rings. The van der Waals surface area contributed by atoms with Crippen molar-refractivity contribution in [1.29, 1.82) is 0 Å². The molecule has 2 aromatic carbocycles. The number of rotatable bonds is 4. The van der Waals surface area contributed by atoms with Gasteiger partial charge >= 0.3 is 0 Å². The van der Waals surface area contributed by atoms with Gasteiger partial charge in [0.1, 0.15) is 0 Å². The number of nitrogen functional groups attached to an aromatic ring is 1. The maximum absolute atomic E-state index is 5.77. The summed E-state index contributed by atoms with van der Waals surface area (Å²) in [6.07, 6.45) is 0. The molecule has 0 unspecified atom stereocenters. The molecular formula is C17H18N6. The number of aromatic nitrogens is 3. The zero-order valence-electron chi connectivity index (χ0n) is 13.1. The van der Waals surface area contributed by atoms with Crippen LogP contribution in [0.25, 0.3) is 11.1 Å². The largest absolute Gasteiger partial charge is 0.368 e. The number of anilines is 4. The smallest absolute Gasteiger partial charge is 0.233 e. The van der Waals surface area contributed by atoms with Crippen molar-refractivity contribution >= 4 is 23.5 Å². The quantitative estimate of drug-likeness (QED) is 0.771. The number of nitrogens with one attached hydrogen (secondary N) is 1. The van der Waals surface area contributed by atoms with Crippen LogP contribution in [0, 0.1) is 0 Å². The van der Waals surface area contributed by atoms with Crippen molar-refractivity contribution in [2.45, 2.75) is 0 Å². The van der Waals surface area contributed by atoms with Gasteiger partial charge < -0.3 is 16.0 Å². The first-order valence-corrected chi connectivity index (χ1v) is 7.24. The minimum absolute atomic E-state index is 0.184. The summed E-state index contributed by atoms with van der Waals surface area (Å²) in [4.78, 5) is 14.4. The highest BCUT2D eigenvalue weighted by molar-refractivity contribution is 5.80. The molecule has 0 saturated heterocycles. The van der Waals surface area contributed by atoms with Crippen LogP contribution in [0.2, 0.25) is 0 Å². The van der Waals surface area contributed by atoms with E-state index in [0.29, 0.717) is 11.9 Å². The van der Waals surface area contributed by atoms with Gasteiger partial charge in [0.25, 0.3) is 0 Å². The zero-order valence-corrected chi connectivity index (χ0v) is 13.1. The number of nitrogens with two attached hydrogens (primary N) is 1. The lowest BCUT2D eigenvalue weighted by atomic mass is 10.0. The predicted molar refractivity (Wildman–Crippen MR) is 93.7 cm³/mol. The van der Waals surface area contributed by atoms with Crippen molar-refractivity contribution in [3.05, 3.63) is 54.6 Å². The van der Waals surface area contributed by atoms with Gasteiger partial charge in [0.2, 0.25) is 17.8 Å². The first-order valence-electron chi connectivity index (χ1n) is 7.24. The third kappa shape index (κ3) is 3.37. The summed E-state index contributed by atoms with van der Waals surface area (Å²) >= 11 is 0. The van der Waals surface area contributed by atoms with Crippen molar-refractivity contribution < 1.29 is 0 Å². The van der Waals surface area contributed by atoms with Gasteiger partial charge in [0.05, 0.1) is 0 Å². The minimum atomic E-state index is 0.184. The molecule has 116 valence electrons. The predicted octanol–water partition coefficient (Wildman–Crippen LogP) is 2.93. The summed E-state index contributed by atoms with van der Waals surface area (Å²) in [6, 6.07) is 18.1. The SMILES string of the molecule is CN(C)c1nc(N)nc(Nc2ccccc2-c2ccccc2)n1. The average molecular weight is 306 g/mol. The van der Waals surface area contributed by atoms with Crippen molar-refractivity contribution in [2.75, 3.05) is 30.0 Å². The Morgan fingerprint density at radius 2 is 1.57 bits per heavy atom. The Balaban J connectivity index is 1.98. The Bertz CT molecular complexity index is 801. The Morgan fingerprint density at radius 3 is 2.30 bits per heavy atom. The van der Waals surface area contributed by atoms with E-state index in [9.17, 15) is 0 Å². The fraction of sp³-hybridized carbons (Fsp3) is 0.118. The Kier molecular flexibility index (Phi) is 4.05. The number of hydrogen-bond acceptors (Lipinski definition) is 6. The third-order valence-corrected chi connectivity index (χ3v) is 3.30. The molecule has 6 nitrogen and oxygen atoms in total. The zero-order chi connectivity index (χ0) is 16.2. The van der Waals surface area contributed by atoms with Crippen molar-refractivity contribution in [1.82, 2.24) is 15.0 Å². The van der Waals surface area contributed by atoms with Crippen LogP contribution in [0.1, 0.15) is 0 Å². The van der Waals surface area contributed by atoms with Gasteiger partial charge in [0.15, 0.2) is 0 Å². The van der Waals surface area contributed by atoms with E-state index in [1.807, 2.05) is 50.5 Å². The Morgan fingerprint density at radius 1 is 0.870 bits per heavy atom. The highest BCUT2D eigenvalue weighted by Gasteiger charge is 2.09. The molecule has 3 rings (SSSR count). The fourth-order valence-corrected chi connectivity index (χ4v) is 2.22. The lowest BCUT2D eigenvalue weighted by Gasteiger charge is -2.14. The number of benzene rings is 2. The van der Waals surface area contributed by atoms with Crippen LogP contribution in [0.15, 0.2) is 54.6 Å². The van der Waals surface area contributed by atoms with E-state index >= 15 is 0 Å². The maximum atomic E-state index is 5.77. The van der Waals surface area contributed by atoms with Crippen molar-refractivity contribution in [3.8, 4) is 11.1 Å². The van der Waals surface area contributed by atoms with Crippen molar-refractivity contribution in [3.63, 3.8) is 0 Å². The lowest BCUT2D eigenvalue weighted by Crippen LogP contribution is -2.15. The minimum Gasteiger partial charge on any atom is -0.368 e. The highest BCUT2D eigenvalue weighted by Crippen LogP contribution is 2.29. The second-order valence-corrected chi connectivity index (χ2v) is 5.25. The van der Waals surface area contributed by atoms with E-state index in [4.69, 9.17) is 5.73 Å². The van der Waals surface area contributed by atoms with Crippen LogP contribution < -0.4 is 16.0 Å². The van der Waals surface area contributed by atoms with E-state index in [1.54, 1.807) is 4.90 Å². The molecule has 0 aliphatic heterocycles. The second kappa shape index (κ2) is 6.31. The summed E-state index contributed by atoms with van der Waals surface area (Å²) < 4.78 is 0. The summed E-state index contributed by atoms with van der Waals surface area (Å²) in [7, 11) is 3.72. The van der Waals surface area contributed by atoms with Crippen LogP contribution in [-0.2, 0) is 0 Å². The van der Waals surface area contributed by atoms with Gasteiger partial charge in [-0.25, -0.2) is 0 Å². The van der Waals surface area contributed by atoms with Gasteiger partial charge in [0, 0.05) is 25.3 Å². The van der Waals surface area contributed by atoms with Crippen LogP contribution in [-0.4, -0.2) is 29.0 Å². The molecule has 3 aromatic rings. The molecule has 3 N–H and O–H groups in total. The van der Waals surface area contributed by atoms with E-state index in [-0.39, 0.29) is 5.95 Å². The van der Waals surface area contributed by atoms with Gasteiger partial charge in [-0.2, -0.15) is 15.0 Å². The van der Waals surface area contributed by atoms with E-state index in [1.165, 1.54) is 0 Å². The topological polar surface area (TPSA) is 80.0 Å². The molecule has 0 saturated carbocycles. The van der Waals surface area contributed by atoms with Gasteiger partial charge in [-0.05, 0) is 11.6 Å². The molecule has 6 heteroatoms. The van der Waals surface area contributed by atoms with Crippen LogP contribution in [0.4, 0.5) is 23.5 Å². The summed E-state index contributed by atoms with van der Waals surface area (Å²) in [5.41, 5.74) is 8.87. The normalized spacial score (nSPS) is 10.3. The molecule has 0 amide bonds. The average Bonchev–Trinajstić information content (AvgIpc) is 2.55. The second-order valence-electron chi connectivity index (χ2n) is 5.25. The van der Waals surface area contributed by atoms with E-state index < -0.39 is 0 Å². The van der Waals surface area contributed by atoms with Crippen molar-refractivity contribution in [2.24, 2.45) is 0 Å². The molecule has 23 heavy (non-hydrogen) atoms. The summed E-state index contributed by atoms with van der Waals surface area (Å²) in [5, 5.41) is 3.24. The Labute approximate surface area is 135 Å². The molecule has 0 bridgehead atoms. The highest BCUT2D eigenvalue weighted by atomic mass is 15.3. The third-order valence-electron chi connectivity index (χ3n) is 3.30. The first-order chi connectivity index (χ1) is 11.1. The van der Waals surface area contributed by atoms with Crippen LogP contribution >= 0.6 is 0 Å². The molecule has 0 atom stereocenters. The van der Waals surface area contributed by atoms with Gasteiger partial charge in [-0.15, -0.1) is 0 Å². The van der Waals surface area contributed by atoms with Gasteiger partial charge in [-0.3, -0.25) is 0 Å². The molecular weight excluding hydrogens is 288 g/mol. The fourth-order valence-electron chi connectivity index (χ4n) is 2.22. The monoisotopic (exact) mass is 306 g/mol. The van der Waals surface area contributed by atoms with E-state index in [2.05, 4.69) is 38.5 Å². The number of para-hydroxylation sites is 1. The molecule has 0 aliphatic carbocycles. The summed E-state index contributed by atoms with van der Waals surface area (Å²) in [5.74, 6) is 1.12. The first kappa shape index (κ1) is 14.8. The van der Waals surface area contributed by atoms with Crippen LogP contribution in [0.5, 0.6) is 0 Å². The van der Waals surface area contributed by atoms with Crippen LogP contribution in [0.3, 0.4) is 0 Å². The standard InChI is InChI=1S/C17H18N6/c1-23(2)17-21-15(18)20-16(22-17)19-14-11-7-6-10-13(14)12-8-4-3-5-9-12/h3-11H,1-2H3,(H3,18,19,20,21,22). The summed E-state index contributed by atoms with van der Waals surface area (Å²) in [6.45, 7) is 0. The molecule has 0 radical (unpaired) electrons. The maximum Gasteiger partial charge on any atom is 0.233 e. The number of hydrogen-bond donors (Lipinski definition) is 2.